The molecule has 0 aliphatic carbocycles. The highest BCUT2D eigenvalue weighted by Gasteiger charge is 2.22. The van der Waals surface area contributed by atoms with Crippen molar-refractivity contribution < 1.29 is 9.42 Å². The summed E-state index contributed by atoms with van der Waals surface area (Å²) in [5.41, 5.74) is 9.33. The number of carbonyl (C=O) groups excluding carboxylic acids is 1. The molecule has 23 heavy (non-hydrogen) atoms. The fraction of sp³-hybridized carbons (Fsp3) is 0.167. The monoisotopic (exact) mass is 332 g/mol. The van der Waals surface area contributed by atoms with Gasteiger partial charge in [-0.2, -0.15) is 9.78 Å². The third kappa shape index (κ3) is 2.81. The van der Waals surface area contributed by atoms with E-state index in [1.165, 1.54) is 11.3 Å². The number of nitrogens with two attached hydrogens (primary N) is 1. The van der Waals surface area contributed by atoms with Crippen LogP contribution in [-0.2, 0) is 0 Å². The van der Waals surface area contributed by atoms with Crippen LogP contribution in [0.15, 0.2) is 27.2 Å². The van der Waals surface area contributed by atoms with Crippen molar-refractivity contribution in [3.05, 3.63) is 33.8 Å². The van der Waals surface area contributed by atoms with Crippen LogP contribution in [0, 0.1) is 6.92 Å². The van der Waals surface area contributed by atoms with E-state index in [0.717, 1.165) is 9.56 Å². The number of anilines is 1. The molecule has 0 radical (unpaired) electrons. The summed E-state index contributed by atoms with van der Waals surface area (Å²) >= 11 is 1.53. The van der Waals surface area contributed by atoms with E-state index in [2.05, 4.69) is 35.8 Å². The maximum absolute atomic E-state index is 12.4. The summed E-state index contributed by atoms with van der Waals surface area (Å²) < 4.78 is 5.68. The number of nitrogen functional groups attached to an aromatic ring is 1. The molecule has 0 aliphatic heterocycles. The number of hydrazone groups is 1. The van der Waals surface area contributed by atoms with Gasteiger partial charge in [0.1, 0.15) is 0 Å². The largest absolute Gasteiger partial charge is 0.378 e. The van der Waals surface area contributed by atoms with Gasteiger partial charge in [-0.25, -0.2) is 10.1 Å². The second-order valence-electron chi connectivity index (χ2n) is 4.52. The standard InChI is InChI=1S/C12H12N8O2S/c1-6(8-4-3-5-23-8)14-16-12(21)9-7(2)15-19-20(9)11-10(13)17-22-18-11/h3-5H,1-2H3,(H2,13,17)(H,16,21). The molecule has 3 aromatic rings. The molecule has 0 spiro atoms. The molecular formula is C12H12N8O2S. The van der Waals surface area contributed by atoms with Crippen molar-refractivity contribution in [2.45, 2.75) is 13.8 Å². The molecule has 0 atom stereocenters. The van der Waals surface area contributed by atoms with Gasteiger partial charge in [-0.05, 0) is 35.6 Å². The van der Waals surface area contributed by atoms with E-state index in [0.29, 0.717) is 11.4 Å². The van der Waals surface area contributed by atoms with Gasteiger partial charge in [0.2, 0.25) is 11.6 Å². The highest BCUT2D eigenvalue weighted by molar-refractivity contribution is 7.12. The maximum atomic E-state index is 12.4. The average molecular weight is 332 g/mol. The van der Waals surface area contributed by atoms with Crippen molar-refractivity contribution in [3.8, 4) is 5.82 Å². The van der Waals surface area contributed by atoms with Crippen LogP contribution in [0.3, 0.4) is 0 Å². The van der Waals surface area contributed by atoms with Crippen molar-refractivity contribution in [1.29, 1.82) is 0 Å². The zero-order valence-electron chi connectivity index (χ0n) is 12.2. The second kappa shape index (κ2) is 5.96. The van der Waals surface area contributed by atoms with Crippen molar-refractivity contribution in [2.24, 2.45) is 5.10 Å². The number of hydrogen-bond acceptors (Lipinski definition) is 9. The first kappa shape index (κ1) is 14.8. The summed E-state index contributed by atoms with van der Waals surface area (Å²) in [6.07, 6.45) is 0. The molecule has 0 saturated heterocycles. The molecule has 118 valence electrons. The zero-order chi connectivity index (χ0) is 16.4. The Morgan fingerprint density at radius 3 is 2.96 bits per heavy atom. The first-order valence-electron chi connectivity index (χ1n) is 6.47. The Bertz CT molecular complexity index is 864. The van der Waals surface area contributed by atoms with E-state index in [-0.39, 0.29) is 17.3 Å². The van der Waals surface area contributed by atoms with Gasteiger partial charge in [-0.15, -0.1) is 16.4 Å². The number of aryl methyl sites for hydroxylation is 1. The molecule has 11 heteroatoms. The summed E-state index contributed by atoms with van der Waals surface area (Å²) in [6, 6.07) is 3.82. The van der Waals surface area contributed by atoms with E-state index in [9.17, 15) is 4.79 Å². The Hall–Kier alpha value is -3.08. The zero-order valence-corrected chi connectivity index (χ0v) is 13.0. The molecule has 0 fully saturated rings. The molecule has 3 heterocycles. The first-order valence-corrected chi connectivity index (χ1v) is 7.35. The molecule has 0 aliphatic rings. The van der Waals surface area contributed by atoms with Crippen LogP contribution in [0.2, 0.25) is 0 Å². The number of thiophene rings is 1. The summed E-state index contributed by atoms with van der Waals surface area (Å²) in [4.78, 5) is 13.3. The number of rotatable bonds is 4. The quantitative estimate of drug-likeness (QED) is 0.531. The molecule has 3 rings (SSSR count). The summed E-state index contributed by atoms with van der Waals surface area (Å²) in [6.45, 7) is 3.44. The lowest BCUT2D eigenvalue weighted by atomic mass is 10.3. The lowest BCUT2D eigenvalue weighted by Crippen LogP contribution is -2.23. The fourth-order valence-electron chi connectivity index (χ4n) is 1.83. The second-order valence-corrected chi connectivity index (χ2v) is 5.47. The molecule has 0 saturated carbocycles. The van der Waals surface area contributed by atoms with Gasteiger partial charge in [0.05, 0.1) is 11.4 Å². The van der Waals surface area contributed by atoms with E-state index in [1.807, 2.05) is 17.5 Å². The Morgan fingerprint density at radius 1 is 1.48 bits per heavy atom. The lowest BCUT2D eigenvalue weighted by Gasteiger charge is -2.03. The van der Waals surface area contributed by atoms with Gasteiger partial charge in [0, 0.05) is 4.88 Å². The Balaban J connectivity index is 1.87. The topological polar surface area (TPSA) is 137 Å². The minimum Gasteiger partial charge on any atom is -0.378 e. The van der Waals surface area contributed by atoms with Crippen molar-refractivity contribution in [1.82, 2.24) is 30.7 Å². The van der Waals surface area contributed by atoms with Crippen LogP contribution in [0.1, 0.15) is 28.0 Å². The normalized spacial score (nSPS) is 11.7. The number of hydrogen-bond donors (Lipinski definition) is 2. The Labute approximate surface area is 133 Å². The highest BCUT2D eigenvalue weighted by atomic mass is 32.1. The average Bonchev–Trinajstić information content (AvgIpc) is 3.25. The SMILES string of the molecule is CC(=NNC(=O)c1c(C)nnn1-c1nonc1N)c1cccs1. The number of carbonyl (C=O) groups is 1. The van der Waals surface area contributed by atoms with E-state index in [4.69, 9.17) is 5.73 Å². The minimum absolute atomic E-state index is 0.00205. The predicted molar refractivity (Wildman–Crippen MR) is 82.4 cm³/mol. The Morgan fingerprint density at radius 2 is 2.30 bits per heavy atom. The molecule has 0 aromatic carbocycles. The van der Waals surface area contributed by atoms with Gasteiger partial charge < -0.3 is 5.73 Å². The van der Waals surface area contributed by atoms with Crippen molar-refractivity contribution in [2.75, 3.05) is 5.73 Å². The van der Waals surface area contributed by atoms with E-state index < -0.39 is 5.91 Å². The smallest absolute Gasteiger partial charge is 0.292 e. The Kier molecular flexibility index (Phi) is 3.85. The van der Waals surface area contributed by atoms with Gasteiger partial charge in [-0.3, -0.25) is 4.79 Å². The summed E-state index contributed by atoms with van der Waals surface area (Å²) in [5.74, 6) is -0.400. The number of amides is 1. The van der Waals surface area contributed by atoms with Gasteiger partial charge in [0.15, 0.2) is 5.69 Å². The third-order valence-corrected chi connectivity index (χ3v) is 3.93. The van der Waals surface area contributed by atoms with Crippen LogP contribution in [0.25, 0.3) is 5.82 Å². The maximum Gasteiger partial charge on any atom is 0.292 e. The number of aromatic nitrogens is 5. The van der Waals surface area contributed by atoms with Gasteiger partial charge >= 0.3 is 0 Å². The van der Waals surface area contributed by atoms with Crippen LogP contribution in [0.4, 0.5) is 5.82 Å². The predicted octanol–water partition coefficient (Wildman–Crippen LogP) is 0.756. The molecule has 0 bridgehead atoms. The van der Waals surface area contributed by atoms with Crippen molar-refractivity contribution in [3.63, 3.8) is 0 Å². The molecule has 1 amide bonds. The van der Waals surface area contributed by atoms with Crippen LogP contribution in [0.5, 0.6) is 0 Å². The molecule has 0 unspecified atom stereocenters. The lowest BCUT2D eigenvalue weighted by molar-refractivity contribution is 0.0946. The van der Waals surface area contributed by atoms with E-state index in [1.54, 1.807) is 13.8 Å². The van der Waals surface area contributed by atoms with Crippen LogP contribution >= 0.6 is 11.3 Å². The molecule has 10 nitrogen and oxygen atoms in total. The number of nitrogens with one attached hydrogen (secondary N) is 1. The summed E-state index contributed by atoms with van der Waals surface area (Å²) in [5, 5.41) is 20.8. The van der Waals surface area contributed by atoms with Crippen molar-refractivity contribution >= 4 is 28.8 Å². The highest BCUT2D eigenvalue weighted by Crippen LogP contribution is 2.15. The number of nitrogens with zero attached hydrogens (tertiary/aromatic N) is 6. The molecule has 3 aromatic heterocycles. The van der Waals surface area contributed by atoms with E-state index >= 15 is 0 Å². The minimum atomic E-state index is -0.495. The first-order chi connectivity index (χ1) is 11.1. The molecular weight excluding hydrogens is 320 g/mol. The third-order valence-electron chi connectivity index (χ3n) is 2.95. The van der Waals surface area contributed by atoms with Gasteiger partial charge in [-0.1, -0.05) is 11.3 Å². The molecule has 3 N–H and O–H groups in total. The van der Waals surface area contributed by atoms with Crippen LogP contribution < -0.4 is 11.2 Å². The fourth-order valence-corrected chi connectivity index (χ4v) is 2.51. The van der Waals surface area contributed by atoms with Gasteiger partial charge in [0.25, 0.3) is 5.91 Å². The van der Waals surface area contributed by atoms with Crippen LogP contribution in [-0.4, -0.2) is 36.9 Å². The summed E-state index contributed by atoms with van der Waals surface area (Å²) in [7, 11) is 0.